The van der Waals surface area contributed by atoms with E-state index < -0.39 is 0 Å². The van der Waals surface area contributed by atoms with Crippen molar-refractivity contribution in [2.24, 2.45) is 0 Å². The standard InChI is InChI=1S/C10H17N5O2/c1-2-11-7-9-13-14-10(17-9)15-5-3-8(16)12-4-6-15/h11H,2-7H2,1H3,(H,12,16). The molecule has 1 amide bonds. The maximum atomic E-state index is 11.2. The Kier molecular flexibility index (Phi) is 3.92. The van der Waals surface area contributed by atoms with Gasteiger partial charge in [0.1, 0.15) is 0 Å². The van der Waals surface area contributed by atoms with Crippen LogP contribution in [0.3, 0.4) is 0 Å². The van der Waals surface area contributed by atoms with Crippen LogP contribution in [-0.4, -0.2) is 42.3 Å². The molecule has 2 rings (SSSR count). The van der Waals surface area contributed by atoms with E-state index in [-0.39, 0.29) is 5.91 Å². The van der Waals surface area contributed by atoms with Gasteiger partial charge in [-0.3, -0.25) is 4.79 Å². The van der Waals surface area contributed by atoms with Crippen molar-refractivity contribution in [3.05, 3.63) is 5.89 Å². The van der Waals surface area contributed by atoms with E-state index in [2.05, 4.69) is 20.8 Å². The molecule has 1 aliphatic heterocycles. The minimum Gasteiger partial charge on any atom is -0.407 e. The van der Waals surface area contributed by atoms with Crippen LogP contribution in [0.25, 0.3) is 0 Å². The first-order valence-electron chi connectivity index (χ1n) is 5.84. The monoisotopic (exact) mass is 239 g/mol. The second-order valence-electron chi connectivity index (χ2n) is 3.85. The first-order valence-corrected chi connectivity index (χ1v) is 5.84. The van der Waals surface area contributed by atoms with Crippen molar-refractivity contribution in [1.82, 2.24) is 20.8 Å². The van der Waals surface area contributed by atoms with Crippen LogP contribution < -0.4 is 15.5 Å². The number of hydrogen-bond acceptors (Lipinski definition) is 6. The van der Waals surface area contributed by atoms with Gasteiger partial charge in [0, 0.05) is 26.1 Å². The molecule has 94 valence electrons. The summed E-state index contributed by atoms with van der Waals surface area (Å²) < 4.78 is 5.52. The summed E-state index contributed by atoms with van der Waals surface area (Å²) in [6.45, 7) is 5.39. The summed E-state index contributed by atoms with van der Waals surface area (Å²) in [5.41, 5.74) is 0. The molecule has 2 N–H and O–H groups in total. The van der Waals surface area contributed by atoms with Gasteiger partial charge in [0.2, 0.25) is 11.8 Å². The summed E-state index contributed by atoms with van der Waals surface area (Å²) in [5.74, 6) is 0.644. The Bertz CT molecular complexity index is 379. The van der Waals surface area contributed by atoms with Crippen LogP contribution in [-0.2, 0) is 11.3 Å². The Hall–Kier alpha value is -1.63. The highest BCUT2D eigenvalue weighted by Crippen LogP contribution is 2.13. The number of rotatable bonds is 4. The molecule has 0 unspecified atom stereocenters. The quantitative estimate of drug-likeness (QED) is 0.737. The zero-order valence-electron chi connectivity index (χ0n) is 9.90. The Morgan fingerprint density at radius 2 is 2.35 bits per heavy atom. The molecule has 7 heteroatoms. The molecule has 7 nitrogen and oxygen atoms in total. The number of nitrogens with zero attached hydrogens (tertiary/aromatic N) is 3. The lowest BCUT2D eigenvalue weighted by atomic mass is 10.4. The topological polar surface area (TPSA) is 83.3 Å². The van der Waals surface area contributed by atoms with Crippen molar-refractivity contribution in [3.8, 4) is 0 Å². The largest absolute Gasteiger partial charge is 0.407 e. The van der Waals surface area contributed by atoms with Gasteiger partial charge < -0.3 is 20.0 Å². The third-order valence-electron chi connectivity index (χ3n) is 2.57. The molecule has 2 heterocycles. The molecule has 0 atom stereocenters. The number of anilines is 1. The predicted octanol–water partition coefficient (Wildman–Crippen LogP) is -0.495. The fourth-order valence-electron chi connectivity index (χ4n) is 1.63. The summed E-state index contributed by atoms with van der Waals surface area (Å²) in [4.78, 5) is 13.1. The SMILES string of the molecule is CCNCc1nnc(N2CCNC(=O)CC2)o1. The number of aromatic nitrogens is 2. The minimum atomic E-state index is 0.0693. The van der Waals surface area contributed by atoms with E-state index >= 15 is 0 Å². The van der Waals surface area contributed by atoms with Crippen LogP contribution in [0.15, 0.2) is 4.42 Å². The molecule has 1 fully saturated rings. The van der Waals surface area contributed by atoms with Crippen molar-refractivity contribution in [3.63, 3.8) is 0 Å². The summed E-state index contributed by atoms with van der Waals surface area (Å²) in [5, 5.41) is 13.9. The Morgan fingerprint density at radius 3 is 3.18 bits per heavy atom. The van der Waals surface area contributed by atoms with Crippen molar-refractivity contribution in [2.75, 3.05) is 31.1 Å². The first kappa shape index (κ1) is 11.8. The molecule has 1 aliphatic rings. The number of carbonyl (C=O) groups is 1. The van der Waals surface area contributed by atoms with E-state index in [0.717, 1.165) is 6.54 Å². The maximum absolute atomic E-state index is 11.2. The molecule has 17 heavy (non-hydrogen) atoms. The molecule has 0 aromatic carbocycles. The van der Waals surface area contributed by atoms with Crippen molar-refractivity contribution in [2.45, 2.75) is 19.9 Å². The van der Waals surface area contributed by atoms with Crippen LogP contribution >= 0.6 is 0 Å². The molecular formula is C10H17N5O2. The average Bonchev–Trinajstić information content (AvgIpc) is 2.69. The second-order valence-corrected chi connectivity index (χ2v) is 3.85. The van der Waals surface area contributed by atoms with Gasteiger partial charge in [-0.15, -0.1) is 5.10 Å². The van der Waals surface area contributed by atoms with Gasteiger partial charge in [0.25, 0.3) is 0 Å². The zero-order chi connectivity index (χ0) is 12.1. The summed E-state index contributed by atoms with van der Waals surface area (Å²) >= 11 is 0. The molecule has 0 spiro atoms. The lowest BCUT2D eigenvalue weighted by molar-refractivity contribution is -0.120. The highest BCUT2D eigenvalue weighted by Gasteiger charge is 2.18. The lowest BCUT2D eigenvalue weighted by Crippen LogP contribution is -2.28. The van der Waals surface area contributed by atoms with Gasteiger partial charge >= 0.3 is 6.01 Å². The molecule has 0 bridgehead atoms. The highest BCUT2D eigenvalue weighted by atomic mass is 16.4. The van der Waals surface area contributed by atoms with Gasteiger partial charge in [-0.05, 0) is 6.54 Å². The molecule has 0 saturated carbocycles. The molecule has 1 aromatic heterocycles. The highest BCUT2D eigenvalue weighted by molar-refractivity contribution is 5.76. The van der Waals surface area contributed by atoms with Crippen LogP contribution in [0, 0.1) is 0 Å². The molecule has 1 aromatic rings. The Morgan fingerprint density at radius 1 is 1.47 bits per heavy atom. The summed E-state index contributed by atoms with van der Waals surface area (Å²) in [6.07, 6.45) is 0.463. The van der Waals surface area contributed by atoms with Gasteiger partial charge in [0.05, 0.1) is 6.54 Å². The van der Waals surface area contributed by atoms with E-state index in [1.165, 1.54) is 0 Å². The van der Waals surface area contributed by atoms with Crippen LogP contribution in [0.4, 0.5) is 6.01 Å². The lowest BCUT2D eigenvalue weighted by Gasteiger charge is -2.15. The Balaban J connectivity index is 1.96. The van der Waals surface area contributed by atoms with E-state index in [1.54, 1.807) is 0 Å². The fraction of sp³-hybridized carbons (Fsp3) is 0.700. The number of amides is 1. The number of hydrogen-bond donors (Lipinski definition) is 2. The predicted molar refractivity (Wildman–Crippen MR) is 61.5 cm³/mol. The van der Waals surface area contributed by atoms with Gasteiger partial charge in [-0.25, -0.2) is 0 Å². The van der Waals surface area contributed by atoms with E-state index in [1.807, 2.05) is 11.8 Å². The number of nitrogens with one attached hydrogen (secondary N) is 2. The number of carbonyl (C=O) groups excluding carboxylic acids is 1. The van der Waals surface area contributed by atoms with Crippen LogP contribution in [0.2, 0.25) is 0 Å². The fourth-order valence-corrected chi connectivity index (χ4v) is 1.63. The van der Waals surface area contributed by atoms with Gasteiger partial charge in [-0.1, -0.05) is 12.0 Å². The normalized spacial score (nSPS) is 16.8. The minimum absolute atomic E-state index is 0.0693. The molecular weight excluding hydrogens is 222 g/mol. The molecule has 0 radical (unpaired) electrons. The average molecular weight is 239 g/mol. The third kappa shape index (κ3) is 3.16. The van der Waals surface area contributed by atoms with E-state index in [4.69, 9.17) is 4.42 Å². The van der Waals surface area contributed by atoms with E-state index in [0.29, 0.717) is 44.5 Å². The first-order chi connectivity index (χ1) is 8.29. The molecule has 1 saturated heterocycles. The summed E-state index contributed by atoms with van der Waals surface area (Å²) in [6, 6.07) is 0.495. The smallest absolute Gasteiger partial charge is 0.318 e. The Labute approximate surface area is 99.6 Å². The van der Waals surface area contributed by atoms with Gasteiger partial charge in [0.15, 0.2) is 0 Å². The second kappa shape index (κ2) is 5.62. The molecule has 0 aliphatic carbocycles. The van der Waals surface area contributed by atoms with Crippen molar-refractivity contribution < 1.29 is 9.21 Å². The van der Waals surface area contributed by atoms with Crippen molar-refractivity contribution >= 4 is 11.9 Å². The summed E-state index contributed by atoms with van der Waals surface area (Å²) in [7, 11) is 0. The van der Waals surface area contributed by atoms with E-state index in [9.17, 15) is 4.79 Å². The van der Waals surface area contributed by atoms with Gasteiger partial charge in [-0.2, -0.15) is 0 Å². The van der Waals surface area contributed by atoms with Crippen molar-refractivity contribution in [1.29, 1.82) is 0 Å². The maximum Gasteiger partial charge on any atom is 0.318 e. The van der Waals surface area contributed by atoms with Crippen LogP contribution in [0.5, 0.6) is 0 Å². The third-order valence-corrected chi connectivity index (χ3v) is 2.57. The zero-order valence-corrected chi connectivity index (χ0v) is 9.90. The van der Waals surface area contributed by atoms with Crippen LogP contribution in [0.1, 0.15) is 19.2 Å².